The molecule has 96 valence electrons. The number of rotatable bonds is 6. The van der Waals surface area contributed by atoms with Crippen molar-refractivity contribution in [2.24, 2.45) is 0 Å². The van der Waals surface area contributed by atoms with Gasteiger partial charge in [-0.3, -0.25) is 0 Å². The Balaban J connectivity index is 2.45. The third kappa shape index (κ3) is 3.94. The quantitative estimate of drug-likeness (QED) is 0.749. The molecule has 0 unspecified atom stereocenters. The van der Waals surface area contributed by atoms with Crippen LogP contribution in [0.1, 0.15) is 29.9 Å². The molecule has 0 fully saturated rings. The van der Waals surface area contributed by atoms with Crippen molar-refractivity contribution in [1.82, 2.24) is 9.27 Å². The number of carbonyl (C=O) groups is 1. The Kier molecular flexibility index (Phi) is 5.88. The van der Waals surface area contributed by atoms with Crippen molar-refractivity contribution in [2.75, 3.05) is 26.2 Å². The predicted molar refractivity (Wildman–Crippen MR) is 69.9 cm³/mol. The fraction of sp³-hybridized carbons (Fsp3) is 0.636. The third-order valence-corrected chi connectivity index (χ3v) is 3.69. The zero-order chi connectivity index (χ0) is 12.8. The molecule has 0 bridgehead atoms. The van der Waals surface area contributed by atoms with Gasteiger partial charge in [-0.15, -0.1) is 0 Å². The molecule has 1 aromatic rings. The Hall–Kier alpha value is -0.650. The molecule has 1 aromatic heterocycles. The Labute approximate surface area is 111 Å². The van der Waals surface area contributed by atoms with Crippen molar-refractivity contribution in [1.29, 1.82) is 0 Å². The van der Waals surface area contributed by atoms with Crippen LogP contribution in [0.3, 0.4) is 0 Å². The third-order valence-electron chi connectivity index (χ3n) is 2.56. The summed E-state index contributed by atoms with van der Waals surface area (Å²) in [5.41, 5.74) is 1.03. The fourth-order valence-electron chi connectivity index (χ4n) is 1.45. The number of hydrogen-bond acceptors (Lipinski definition) is 5. The van der Waals surface area contributed by atoms with Crippen molar-refractivity contribution in [3.63, 3.8) is 0 Å². The topological polar surface area (TPSA) is 42.4 Å². The van der Waals surface area contributed by atoms with E-state index in [1.54, 1.807) is 6.92 Å². The van der Waals surface area contributed by atoms with Gasteiger partial charge >= 0.3 is 5.97 Å². The lowest BCUT2D eigenvalue weighted by atomic mass is 10.3. The fourth-order valence-corrected chi connectivity index (χ4v) is 2.40. The number of hydrogen-bond donors (Lipinski definition) is 0. The minimum atomic E-state index is -0.381. The van der Waals surface area contributed by atoms with Gasteiger partial charge in [0.25, 0.3) is 0 Å². The number of ether oxygens (including phenoxy) is 1. The molecule has 1 heterocycles. The number of aryl methyl sites for hydroxylation is 1. The van der Waals surface area contributed by atoms with E-state index in [2.05, 4.69) is 23.1 Å². The van der Waals surface area contributed by atoms with Gasteiger partial charge in [0.1, 0.15) is 16.5 Å². The van der Waals surface area contributed by atoms with Crippen molar-refractivity contribution < 1.29 is 9.53 Å². The van der Waals surface area contributed by atoms with E-state index in [4.69, 9.17) is 16.3 Å². The minimum Gasteiger partial charge on any atom is -0.461 e. The van der Waals surface area contributed by atoms with Crippen LogP contribution in [0.4, 0.5) is 0 Å². The Morgan fingerprint density at radius 3 is 2.59 bits per heavy atom. The molecule has 0 saturated carbocycles. The molecule has 0 aliphatic rings. The largest absolute Gasteiger partial charge is 0.461 e. The van der Waals surface area contributed by atoms with Crippen molar-refractivity contribution in [2.45, 2.75) is 20.8 Å². The molecule has 0 N–H and O–H groups in total. The summed E-state index contributed by atoms with van der Waals surface area (Å²) in [5.74, 6) is -0.381. The lowest BCUT2D eigenvalue weighted by Crippen LogP contribution is -2.28. The molecule has 1 rings (SSSR count). The number of carbonyl (C=O) groups excluding carboxylic acids is 1. The van der Waals surface area contributed by atoms with Gasteiger partial charge in [-0.2, -0.15) is 4.37 Å². The number of aromatic nitrogens is 1. The SMILES string of the molecule is CCN(CC)CCOC(=O)c1c(C)nsc1Cl. The maximum Gasteiger partial charge on any atom is 0.342 e. The average Bonchev–Trinajstić information content (AvgIpc) is 2.64. The van der Waals surface area contributed by atoms with E-state index in [1.807, 2.05) is 0 Å². The van der Waals surface area contributed by atoms with Gasteiger partial charge < -0.3 is 9.64 Å². The van der Waals surface area contributed by atoms with Crippen LogP contribution in [-0.4, -0.2) is 41.5 Å². The first-order chi connectivity index (χ1) is 8.10. The Morgan fingerprint density at radius 2 is 2.12 bits per heavy atom. The highest BCUT2D eigenvalue weighted by atomic mass is 35.5. The molecule has 0 aliphatic carbocycles. The van der Waals surface area contributed by atoms with Crippen LogP contribution in [0.2, 0.25) is 4.34 Å². The van der Waals surface area contributed by atoms with Crippen LogP contribution in [-0.2, 0) is 4.74 Å². The van der Waals surface area contributed by atoms with E-state index >= 15 is 0 Å². The molecule has 0 spiro atoms. The maximum atomic E-state index is 11.7. The van der Waals surface area contributed by atoms with Gasteiger partial charge in [-0.05, 0) is 31.5 Å². The second-order valence-electron chi connectivity index (χ2n) is 3.58. The van der Waals surface area contributed by atoms with E-state index in [0.29, 0.717) is 22.2 Å². The van der Waals surface area contributed by atoms with Gasteiger partial charge in [0, 0.05) is 6.54 Å². The van der Waals surface area contributed by atoms with Gasteiger partial charge in [0.15, 0.2) is 0 Å². The summed E-state index contributed by atoms with van der Waals surface area (Å²) in [6, 6.07) is 0. The van der Waals surface area contributed by atoms with Gasteiger partial charge in [-0.25, -0.2) is 4.79 Å². The van der Waals surface area contributed by atoms with Crippen LogP contribution in [0.25, 0.3) is 0 Å². The van der Waals surface area contributed by atoms with Crippen LogP contribution in [0.15, 0.2) is 0 Å². The van der Waals surface area contributed by atoms with E-state index in [-0.39, 0.29) is 5.97 Å². The van der Waals surface area contributed by atoms with Crippen LogP contribution in [0, 0.1) is 6.92 Å². The highest BCUT2D eigenvalue weighted by molar-refractivity contribution is 7.11. The monoisotopic (exact) mass is 276 g/mol. The zero-order valence-electron chi connectivity index (χ0n) is 10.3. The van der Waals surface area contributed by atoms with Gasteiger partial charge in [-0.1, -0.05) is 25.4 Å². The molecular weight excluding hydrogens is 260 g/mol. The van der Waals surface area contributed by atoms with Crippen molar-refractivity contribution in [3.05, 3.63) is 15.6 Å². The van der Waals surface area contributed by atoms with Crippen LogP contribution in [0.5, 0.6) is 0 Å². The second-order valence-corrected chi connectivity index (χ2v) is 4.95. The first-order valence-electron chi connectivity index (χ1n) is 5.61. The molecule has 0 amide bonds. The van der Waals surface area contributed by atoms with Crippen LogP contribution < -0.4 is 0 Å². The summed E-state index contributed by atoms with van der Waals surface area (Å²) in [6.45, 7) is 8.94. The first kappa shape index (κ1) is 14.4. The smallest absolute Gasteiger partial charge is 0.342 e. The van der Waals surface area contributed by atoms with Crippen LogP contribution >= 0.6 is 23.1 Å². The molecule has 0 saturated heterocycles. The maximum absolute atomic E-state index is 11.7. The summed E-state index contributed by atoms with van der Waals surface area (Å²) in [7, 11) is 0. The standard InChI is InChI=1S/C11H17ClN2O2S/c1-4-14(5-2)6-7-16-11(15)9-8(3)13-17-10(9)12/h4-7H2,1-3H3. The highest BCUT2D eigenvalue weighted by Gasteiger charge is 2.18. The summed E-state index contributed by atoms with van der Waals surface area (Å²) < 4.78 is 9.59. The molecule has 0 radical (unpaired) electrons. The molecule has 4 nitrogen and oxygen atoms in total. The number of halogens is 1. The Bertz CT molecular complexity index is 358. The van der Waals surface area contributed by atoms with Gasteiger partial charge in [0.2, 0.25) is 0 Å². The average molecular weight is 277 g/mol. The van der Waals surface area contributed by atoms with Crippen molar-refractivity contribution >= 4 is 29.1 Å². The van der Waals surface area contributed by atoms with E-state index in [0.717, 1.165) is 31.2 Å². The van der Waals surface area contributed by atoms with E-state index in [1.165, 1.54) is 0 Å². The zero-order valence-corrected chi connectivity index (χ0v) is 11.9. The molecule has 0 atom stereocenters. The number of likely N-dealkylation sites (N-methyl/N-ethyl adjacent to an activating group) is 1. The minimum absolute atomic E-state index is 0.381. The number of nitrogens with zero attached hydrogens (tertiary/aromatic N) is 2. The highest BCUT2D eigenvalue weighted by Crippen LogP contribution is 2.24. The Morgan fingerprint density at radius 1 is 1.47 bits per heavy atom. The second kappa shape index (κ2) is 6.93. The molecule has 17 heavy (non-hydrogen) atoms. The van der Waals surface area contributed by atoms with E-state index in [9.17, 15) is 4.79 Å². The van der Waals surface area contributed by atoms with Crippen molar-refractivity contribution in [3.8, 4) is 0 Å². The lowest BCUT2D eigenvalue weighted by molar-refractivity contribution is 0.0466. The van der Waals surface area contributed by atoms with Gasteiger partial charge in [0.05, 0.1) is 5.69 Å². The summed E-state index contributed by atoms with van der Waals surface area (Å²) >= 11 is 6.99. The molecule has 0 aromatic carbocycles. The number of esters is 1. The summed E-state index contributed by atoms with van der Waals surface area (Å²) in [5, 5.41) is 0. The molecule has 0 aliphatic heterocycles. The van der Waals surface area contributed by atoms with E-state index < -0.39 is 0 Å². The molecular formula is C11H17ClN2O2S. The lowest BCUT2D eigenvalue weighted by Gasteiger charge is -2.17. The summed E-state index contributed by atoms with van der Waals surface area (Å²) in [4.78, 5) is 13.9. The normalized spacial score (nSPS) is 10.9. The summed E-state index contributed by atoms with van der Waals surface area (Å²) in [6.07, 6.45) is 0. The predicted octanol–water partition coefficient (Wildman–Crippen LogP) is 2.60. The first-order valence-corrected chi connectivity index (χ1v) is 6.76. The molecule has 6 heteroatoms.